The number of aromatic nitrogens is 2. The Hall–Kier alpha value is -2.45. The van der Waals surface area contributed by atoms with Crippen LogP contribution in [0.25, 0.3) is 21.3 Å². The Bertz CT molecular complexity index is 1070. The molecular formula is C21H22ClFN4O2S. The van der Waals surface area contributed by atoms with Crippen molar-refractivity contribution >= 4 is 45.1 Å². The van der Waals surface area contributed by atoms with Crippen LogP contribution in [0.5, 0.6) is 0 Å². The van der Waals surface area contributed by atoms with Gasteiger partial charge in [-0.25, -0.2) is 14.2 Å². The zero-order valence-electron chi connectivity index (χ0n) is 17.0. The molecule has 2 aromatic heterocycles. The lowest BCUT2D eigenvalue weighted by Gasteiger charge is -2.36. The Morgan fingerprint density at radius 3 is 2.43 bits per heavy atom. The van der Waals surface area contributed by atoms with E-state index in [0.29, 0.717) is 26.2 Å². The van der Waals surface area contributed by atoms with Gasteiger partial charge in [0.25, 0.3) is 0 Å². The van der Waals surface area contributed by atoms with E-state index in [2.05, 4.69) is 14.9 Å². The second kappa shape index (κ2) is 8.00. The van der Waals surface area contributed by atoms with E-state index in [-0.39, 0.29) is 17.2 Å². The van der Waals surface area contributed by atoms with Crippen LogP contribution in [0, 0.1) is 5.82 Å². The maximum Gasteiger partial charge on any atom is 0.410 e. The van der Waals surface area contributed by atoms with E-state index >= 15 is 0 Å². The van der Waals surface area contributed by atoms with Crippen LogP contribution in [0.2, 0.25) is 5.28 Å². The molecular weight excluding hydrogens is 427 g/mol. The van der Waals surface area contributed by atoms with Gasteiger partial charge in [-0.05, 0) is 50.1 Å². The molecule has 0 unspecified atom stereocenters. The van der Waals surface area contributed by atoms with Crippen LogP contribution in [0.4, 0.5) is 15.0 Å². The zero-order chi connectivity index (χ0) is 21.5. The second-order valence-corrected chi connectivity index (χ2v) is 9.30. The summed E-state index contributed by atoms with van der Waals surface area (Å²) >= 11 is 7.67. The Labute approximate surface area is 183 Å². The van der Waals surface area contributed by atoms with E-state index in [1.54, 1.807) is 17.0 Å². The van der Waals surface area contributed by atoms with Gasteiger partial charge in [-0.1, -0.05) is 12.1 Å². The molecule has 4 rings (SSSR count). The maximum atomic E-state index is 13.4. The highest BCUT2D eigenvalue weighted by Gasteiger charge is 2.28. The van der Waals surface area contributed by atoms with Crippen molar-refractivity contribution in [2.75, 3.05) is 31.1 Å². The standard InChI is InChI=1S/C21H22ClFN4O2S/c1-21(2,3)29-20(28)27-10-8-26(9-11-27)17-16-15(13-4-6-14(23)7-5-13)12-30-18(16)25-19(22)24-17/h4-7,12H,8-11H2,1-3H3. The Morgan fingerprint density at radius 1 is 1.13 bits per heavy atom. The lowest BCUT2D eigenvalue weighted by atomic mass is 10.1. The fourth-order valence-corrected chi connectivity index (χ4v) is 4.55. The van der Waals surface area contributed by atoms with Crippen LogP contribution in [0.3, 0.4) is 0 Å². The van der Waals surface area contributed by atoms with E-state index in [9.17, 15) is 9.18 Å². The number of ether oxygens (including phenoxy) is 1. The van der Waals surface area contributed by atoms with Gasteiger partial charge < -0.3 is 14.5 Å². The highest BCUT2D eigenvalue weighted by Crippen LogP contribution is 2.39. The van der Waals surface area contributed by atoms with Crippen LogP contribution < -0.4 is 4.90 Å². The molecule has 1 saturated heterocycles. The number of fused-ring (bicyclic) bond motifs is 1. The van der Waals surface area contributed by atoms with Crippen molar-refractivity contribution in [2.24, 2.45) is 0 Å². The van der Waals surface area contributed by atoms with Gasteiger partial charge in [-0.15, -0.1) is 11.3 Å². The van der Waals surface area contributed by atoms with Gasteiger partial charge in [0.1, 0.15) is 22.1 Å². The van der Waals surface area contributed by atoms with Gasteiger partial charge in [-0.3, -0.25) is 0 Å². The Balaban J connectivity index is 1.62. The number of carbonyl (C=O) groups excluding carboxylic acids is 1. The van der Waals surface area contributed by atoms with Gasteiger partial charge >= 0.3 is 6.09 Å². The van der Waals surface area contributed by atoms with E-state index in [1.165, 1.54) is 23.5 Å². The van der Waals surface area contributed by atoms with Crippen LogP contribution in [-0.2, 0) is 4.74 Å². The summed E-state index contributed by atoms with van der Waals surface area (Å²) in [6, 6.07) is 6.37. The lowest BCUT2D eigenvalue weighted by molar-refractivity contribution is 0.0240. The van der Waals surface area contributed by atoms with Gasteiger partial charge in [0.2, 0.25) is 5.28 Å². The first kappa shape index (κ1) is 20.8. The van der Waals surface area contributed by atoms with E-state index in [1.807, 2.05) is 26.2 Å². The molecule has 0 bridgehead atoms. The van der Waals surface area contributed by atoms with Crippen molar-refractivity contribution in [2.45, 2.75) is 26.4 Å². The van der Waals surface area contributed by atoms with E-state index < -0.39 is 5.60 Å². The van der Waals surface area contributed by atoms with Crippen LogP contribution in [0.1, 0.15) is 20.8 Å². The first-order valence-electron chi connectivity index (χ1n) is 9.65. The summed E-state index contributed by atoms with van der Waals surface area (Å²) in [6.45, 7) is 7.81. The minimum atomic E-state index is -0.526. The number of nitrogens with zero attached hydrogens (tertiary/aromatic N) is 4. The first-order chi connectivity index (χ1) is 14.2. The monoisotopic (exact) mass is 448 g/mol. The maximum absolute atomic E-state index is 13.4. The second-order valence-electron chi connectivity index (χ2n) is 8.11. The number of hydrogen-bond donors (Lipinski definition) is 0. The van der Waals surface area contributed by atoms with Crippen LogP contribution >= 0.6 is 22.9 Å². The SMILES string of the molecule is CC(C)(C)OC(=O)N1CCN(c2nc(Cl)nc3scc(-c4ccc(F)cc4)c23)CC1. The quantitative estimate of drug-likeness (QED) is 0.504. The molecule has 3 heterocycles. The number of benzene rings is 1. The number of thiophene rings is 1. The summed E-state index contributed by atoms with van der Waals surface area (Å²) in [5.41, 5.74) is 1.31. The number of piperazine rings is 1. The van der Waals surface area contributed by atoms with Crippen molar-refractivity contribution in [1.82, 2.24) is 14.9 Å². The van der Waals surface area contributed by atoms with Crippen molar-refractivity contribution < 1.29 is 13.9 Å². The molecule has 3 aromatic rings. The molecule has 1 aromatic carbocycles. The molecule has 0 N–H and O–H groups in total. The Morgan fingerprint density at radius 2 is 1.80 bits per heavy atom. The third-order valence-electron chi connectivity index (χ3n) is 4.77. The summed E-state index contributed by atoms with van der Waals surface area (Å²) in [6.07, 6.45) is -0.310. The van der Waals surface area contributed by atoms with Crippen LogP contribution in [0.15, 0.2) is 29.6 Å². The molecule has 1 aliphatic heterocycles. The molecule has 0 saturated carbocycles. The highest BCUT2D eigenvalue weighted by atomic mass is 35.5. The average molecular weight is 449 g/mol. The van der Waals surface area contributed by atoms with Gasteiger partial charge in [0.05, 0.1) is 5.39 Å². The smallest absolute Gasteiger partial charge is 0.410 e. The van der Waals surface area contributed by atoms with E-state index in [0.717, 1.165) is 27.2 Å². The van der Waals surface area contributed by atoms with Crippen molar-refractivity contribution in [1.29, 1.82) is 0 Å². The highest BCUT2D eigenvalue weighted by molar-refractivity contribution is 7.17. The number of amides is 1. The normalized spacial score (nSPS) is 15.0. The third kappa shape index (κ3) is 4.34. The molecule has 0 atom stereocenters. The predicted octanol–water partition coefficient (Wildman–Crippen LogP) is 5.21. The molecule has 6 nitrogen and oxygen atoms in total. The summed E-state index contributed by atoms with van der Waals surface area (Å²) in [7, 11) is 0. The van der Waals surface area contributed by atoms with Gasteiger partial charge in [0, 0.05) is 37.1 Å². The number of rotatable bonds is 2. The van der Waals surface area contributed by atoms with Crippen LogP contribution in [-0.4, -0.2) is 52.7 Å². The number of carbonyl (C=O) groups is 1. The number of hydrogen-bond acceptors (Lipinski definition) is 6. The summed E-state index contributed by atoms with van der Waals surface area (Å²) in [5.74, 6) is 0.450. The molecule has 158 valence electrons. The Kier molecular flexibility index (Phi) is 5.55. The van der Waals surface area contributed by atoms with E-state index in [4.69, 9.17) is 16.3 Å². The summed E-state index contributed by atoms with van der Waals surface area (Å²) < 4.78 is 18.9. The largest absolute Gasteiger partial charge is 0.444 e. The third-order valence-corrected chi connectivity index (χ3v) is 5.81. The molecule has 0 radical (unpaired) electrons. The minimum Gasteiger partial charge on any atom is -0.444 e. The predicted molar refractivity (Wildman–Crippen MR) is 118 cm³/mol. The molecule has 1 fully saturated rings. The molecule has 1 amide bonds. The fourth-order valence-electron chi connectivity index (χ4n) is 3.40. The topological polar surface area (TPSA) is 58.6 Å². The van der Waals surface area contributed by atoms with Crippen molar-refractivity contribution in [3.63, 3.8) is 0 Å². The number of halogens is 2. The molecule has 0 aliphatic carbocycles. The summed E-state index contributed by atoms with van der Waals surface area (Å²) in [4.78, 5) is 25.8. The lowest BCUT2D eigenvalue weighted by Crippen LogP contribution is -2.50. The molecule has 30 heavy (non-hydrogen) atoms. The van der Waals surface area contributed by atoms with Gasteiger partial charge in [0.15, 0.2) is 0 Å². The zero-order valence-corrected chi connectivity index (χ0v) is 18.6. The molecule has 1 aliphatic rings. The first-order valence-corrected chi connectivity index (χ1v) is 10.9. The van der Waals surface area contributed by atoms with Crippen molar-refractivity contribution in [3.8, 4) is 11.1 Å². The molecule has 9 heteroatoms. The summed E-state index contributed by atoms with van der Waals surface area (Å²) in [5, 5.41) is 3.06. The fraction of sp³-hybridized carbons (Fsp3) is 0.381. The number of anilines is 1. The van der Waals surface area contributed by atoms with Crippen molar-refractivity contribution in [3.05, 3.63) is 40.7 Å². The molecule has 0 spiro atoms. The average Bonchev–Trinajstić information content (AvgIpc) is 3.10. The minimum absolute atomic E-state index is 0.180. The van der Waals surface area contributed by atoms with Gasteiger partial charge in [-0.2, -0.15) is 4.98 Å².